The summed E-state index contributed by atoms with van der Waals surface area (Å²) in [6, 6.07) is 28.4. The molecule has 4 aromatic heterocycles. The number of nitrogens with one attached hydrogen (secondary N) is 1. The number of aromatic nitrogens is 6. The minimum absolute atomic E-state index is 0.0108. The van der Waals surface area contributed by atoms with E-state index in [2.05, 4.69) is 80.9 Å². The van der Waals surface area contributed by atoms with E-state index in [0.29, 0.717) is 150 Å². The number of esters is 2. The standard InChI is InChI=1S/C51H67N7O7.C43H55N7O5/c1-5-7-9-10-13-29-64-51(63)58-48-37(3)30-38(32-42(48)35-52-58)31-41(49(61)56-27-25-54(26-28-56)43-19-21-53(4)22-20-43)34-46(59)55-23-17-39(18-24-55)44-33-40-14-11-12-15-45(40)57(50(44)62)36-65-47(60)16-8-6-2;1-4-5-10-40(52)55-29-50-38-9-7-6-8-33(38)26-37(43(50)54)32-11-17-48(18-12-32)39(51)27-34(24-31-23-30(2)41-35(25-31)28-44-45-41)42(53)49-21-19-47(20-22-49)36-13-15-46(3)16-14-36/h5-6,11-12,14-15,30,32-33,35,39,41,43H,1-2,7-10,13,16-29,31,34,36H2,3-4H3;4,6-9,23,25-26,28,32,34,36H,1,5,10-22,24,27,29H2,2-3H3,(H,44,45)/t41-;34-/m00/s1. The predicted octanol–water partition coefficient (Wildman–Crippen LogP) is 11.9. The van der Waals surface area contributed by atoms with E-state index in [1.807, 2.05) is 112 Å². The number of aromatic amines is 1. The second-order valence-electron chi connectivity index (χ2n) is 33.9. The van der Waals surface area contributed by atoms with E-state index in [9.17, 15) is 43.2 Å². The Morgan fingerprint density at radius 1 is 0.483 bits per heavy atom. The second-order valence-corrected chi connectivity index (χ2v) is 33.9. The zero-order valence-electron chi connectivity index (χ0n) is 70.8. The molecule has 26 heteroatoms. The van der Waals surface area contributed by atoms with Crippen LogP contribution in [0.4, 0.5) is 4.79 Å². The molecule has 0 unspecified atom stereocenters. The van der Waals surface area contributed by atoms with Gasteiger partial charge in [0.25, 0.3) is 11.1 Å². The van der Waals surface area contributed by atoms with Crippen molar-refractivity contribution in [2.24, 2.45) is 11.8 Å². The topological polar surface area (TPSA) is 264 Å². The molecule has 2 atom stereocenters. The zero-order chi connectivity index (χ0) is 84.3. The molecule has 640 valence electrons. The van der Waals surface area contributed by atoms with Gasteiger partial charge in [0.15, 0.2) is 13.5 Å². The van der Waals surface area contributed by atoms with Crippen LogP contribution in [0.3, 0.4) is 0 Å². The van der Waals surface area contributed by atoms with Gasteiger partial charge in [-0.2, -0.15) is 14.9 Å². The summed E-state index contributed by atoms with van der Waals surface area (Å²) >= 11 is 0. The fourth-order valence-corrected chi connectivity index (χ4v) is 18.8. The van der Waals surface area contributed by atoms with Gasteiger partial charge in [-0.1, -0.05) is 66.8 Å². The van der Waals surface area contributed by atoms with E-state index in [4.69, 9.17) is 14.2 Å². The molecule has 0 saturated carbocycles. The molecule has 0 spiro atoms. The second kappa shape index (κ2) is 41.7. The normalized spacial score (nSPS) is 17.9. The van der Waals surface area contributed by atoms with Crippen LogP contribution in [0, 0.1) is 25.7 Å². The number of nitrogens with zero attached hydrogens (tertiary/aromatic N) is 13. The minimum atomic E-state index is -0.588. The van der Waals surface area contributed by atoms with E-state index >= 15 is 0 Å². The van der Waals surface area contributed by atoms with Crippen molar-refractivity contribution >= 4 is 85.3 Å². The van der Waals surface area contributed by atoms with Crippen LogP contribution in [0.25, 0.3) is 43.6 Å². The molecule has 1 N–H and O–H groups in total. The fourth-order valence-electron chi connectivity index (χ4n) is 18.8. The lowest BCUT2D eigenvalue weighted by Gasteiger charge is -2.43. The Morgan fingerprint density at radius 3 is 1.40 bits per heavy atom. The molecule has 4 aromatic carbocycles. The molecule has 6 saturated heterocycles. The molecule has 10 heterocycles. The highest BCUT2D eigenvalue weighted by molar-refractivity contribution is 5.92. The summed E-state index contributed by atoms with van der Waals surface area (Å²) in [4.78, 5) is 141. The first-order valence-electron chi connectivity index (χ1n) is 43.7. The molecular weight excluding hydrogens is 1520 g/mol. The van der Waals surface area contributed by atoms with Crippen LogP contribution in [0.5, 0.6) is 0 Å². The number of hydrogen-bond acceptors (Lipinski definition) is 18. The van der Waals surface area contributed by atoms with Gasteiger partial charge in [0.05, 0.1) is 52.9 Å². The number of carbonyl (C=O) groups excluding carboxylic acids is 7. The first-order valence-corrected chi connectivity index (χ1v) is 43.7. The lowest BCUT2D eigenvalue weighted by molar-refractivity contribution is -0.148. The summed E-state index contributed by atoms with van der Waals surface area (Å²) in [5.74, 6) is -2.04. The van der Waals surface area contributed by atoms with Crippen molar-refractivity contribution in [3.05, 3.63) is 189 Å². The van der Waals surface area contributed by atoms with E-state index in [0.717, 1.165) is 153 Å². The Balaban J connectivity index is 0.000000210. The molecule has 0 aliphatic carbocycles. The molecule has 0 radical (unpaired) electrons. The van der Waals surface area contributed by atoms with Crippen LogP contribution in [0.2, 0.25) is 0 Å². The van der Waals surface area contributed by atoms with Crippen molar-refractivity contribution in [3.63, 3.8) is 0 Å². The number of allylic oxidation sites excluding steroid dienone is 3. The summed E-state index contributed by atoms with van der Waals surface area (Å²) in [5, 5.41) is 15.2. The van der Waals surface area contributed by atoms with Crippen LogP contribution in [-0.4, -0.2) is 247 Å². The van der Waals surface area contributed by atoms with Gasteiger partial charge in [-0.25, -0.2) is 4.79 Å². The van der Waals surface area contributed by atoms with Crippen LogP contribution in [0.15, 0.2) is 145 Å². The average Bonchev–Trinajstić information content (AvgIpc) is 1.53. The smallest absolute Gasteiger partial charge is 0.435 e. The monoisotopic (exact) mass is 1640 g/mol. The van der Waals surface area contributed by atoms with E-state index < -0.39 is 23.9 Å². The van der Waals surface area contributed by atoms with Crippen molar-refractivity contribution in [2.45, 2.75) is 180 Å². The Morgan fingerprint density at radius 2 is 0.933 bits per heavy atom. The van der Waals surface area contributed by atoms with E-state index in [-0.39, 0.29) is 91.7 Å². The molecule has 26 nitrogen and oxygen atoms in total. The fraction of sp³-hybridized carbons (Fsp3) is 0.521. The highest BCUT2D eigenvalue weighted by Crippen LogP contribution is 2.34. The number of carbonyl (C=O) groups is 7. The van der Waals surface area contributed by atoms with E-state index in [1.54, 1.807) is 29.1 Å². The Labute approximate surface area is 704 Å². The zero-order valence-corrected chi connectivity index (χ0v) is 70.8. The number of hydrogen-bond donors (Lipinski definition) is 1. The number of fused-ring (bicyclic) bond motifs is 4. The minimum Gasteiger partial charge on any atom is -0.448 e. The molecule has 6 fully saturated rings. The third-order valence-corrected chi connectivity index (χ3v) is 25.8. The van der Waals surface area contributed by atoms with Crippen molar-refractivity contribution < 1.29 is 47.8 Å². The first kappa shape index (κ1) is 87.4. The molecule has 14 rings (SSSR count). The summed E-state index contributed by atoms with van der Waals surface area (Å²) in [6.45, 7) is 27.3. The lowest BCUT2D eigenvalue weighted by Crippen LogP contribution is -2.55. The van der Waals surface area contributed by atoms with Crippen molar-refractivity contribution in [3.8, 4) is 0 Å². The molecule has 6 aliphatic heterocycles. The highest BCUT2D eigenvalue weighted by Gasteiger charge is 2.38. The van der Waals surface area contributed by atoms with Crippen molar-refractivity contribution in [1.29, 1.82) is 0 Å². The summed E-state index contributed by atoms with van der Waals surface area (Å²) in [6.07, 6.45) is 21.3. The largest absolute Gasteiger partial charge is 0.448 e. The van der Waals surface area contributed by atoms with Gasteiger partial charge < -0.3 is 43.6 Å². The number of amides is 4. The number of unbranched alkanes of at least 4 members (excludes halogenated alkanes) is 3. The van der Waals surface area contributed by atoms with Crippen molar-refractivity contribution in [1.82, 2.24) is 68.3 Å². The van der Waals surface area contributed by atoms with Crippen LogP contribution in [0.1, 0.15) is 161 Å². The molecule has 4 amide bonds. The number of aryl methyl sites for hydroxylation is 2. The maximum Gasteiger partial charge on any atom is 0.435 e. The highest BCUT2D eigenvalue weighted by atomic mass is 16.6. The van der Waals surface area contributed by atoms with E-state index in [1.165, 1.54) is 9.25 Å². The lowest BCUT2D eigenvalue weighted by atomic mass is 9.88. The van der Waals surface area contributed by atoms with Gasteiger partial charge in [0.1, 0.15) is 0 Å². The number of piperidine rings is 4. The number of pyridine rings is 2. The first-order chi connectivity index (χ1) is 58.2. The van der Waals surface area contributed by atoms with Gasteiger partial charge in [-0.05, 0) is 238 Å². The Hall–Kier alpha value is -10.4. The number of ether oxygens (including phenoxy) is 3. The van der Waals surface area contributed by atoms with Gasteiger partial charge in [0, 0.05) is 138 Å². The third kappa shape index (κ3) is 21.8. The number of piperazine rings is 2. The average molecular weight is 1640 g/mol. The maximum absolute atomic E-state index is 14.6. The number of H-pyrrole nitrogens is 1. The number of para-hydroxylation sites is 2. The van der Waals surface area contributed by atoms with Crippen LogP contribution < -0.4 is 11.1 Å². The van der Waals surface area contributed by atoms with Crippen LogP contribution in [-0.2, 0) is 69.3 Å². The molecule has 6 aliphatic rings. The molecule has 0 bridgehead atoms. The van der Waals surface area contributed by atoms with Gasteiger partial charge in [-0.15, -0.1) is 19.7 Å². The van der Waals surface area contributed by atoms with Gasteiger partial charge >= 0.3 is 18.0 Å². The molecule has 120 heavy (non-hydrogen) atoms. The Bertz CT molecular complexity index is 5070. The maximum atomic E-state index is 14.6. The number of likely N-dealkylation sites (tertiary alicyclic amines) is 4. The molecule has 8 aromatic rings. The predicted molar refractivity (Wildman–Crippen MR) is 466 cm³/mol. The molecular formula is C94H122N14O12. The van der Waals surface area contributed by atoms with Crippen molar-refractivity contribution in [2.75, 3.05) is 125 Å². The Kier molecular flexibility index (Phi) is 30.4. The summed E-state index contributed by atoms with van der Waals surface area (Å²) < 4.78 is 21.0. The summed E-state index contributed by atoms with van der Waals surface area (Å²) in [5.41, 5.74) is 7.83. The van der Waals surface area contributed by atoms with Crippen LogP contribution >= 0.6 is 0 Å². The SMILES string of the molecule is C=CCCC(=O)OCn1c(=O)c(C2CCN(C(=O)C[C@H](Cc3cc(C)c4[nH]ncc4c3)C(=O)N3CCN(C4CCN(C)CC4)CC3)CC2)cc2ccccc21.C=CCCCCCOC(=O)n1ncc2cc(C[C@@H](CC(=O)N3CCC(c4cc5ccccc5n(COC(=O)CCC=C)c4=O)CC3)C(=O)N3CCN(C4CCN(C)CC4)CC3)cc(C)c21. The quantitative estimate of drug-likeness (QED) is 0.0190. The number of rotatable bonds is 30. The number of benzene rings is 4. The van der Waals surface area contributed by atoms with Gasteiger partial charge in [0.2, 0.25) is 23.6 Å². The summed E-state index contributed by atoms with van der Waals surface area (Å²) in [7, 11) is 4.35. The third-order valence-electron chi connectivity index (χ3n) is 25.8. The van der Waals surface area contributed by atoms with Gasteiger partial charge in [-0.3, -0.25) is 62.4 Å².